The van der Waals surface area contributed by atoms with E-state index in [-0.39, 0.29) is 11.3 Å². The van der Waals surface area contributed by atoms with Gasteiger partial charge in [0.15, 0.2) is 0 Å². The van der Waals surface area contributed by atoms with Gasteiger partial charge >= 0.3 is 0 Å². The molecule has 2 aromatic carbocycles. The normalized spacial score (nSPS) is 17.3. The van der Waals surface area contributed by atoms with Crippen LogP contribution in [-0.4, -0.2) is 59.4 Å². The van der Waals surface area contributed by atoms with Gasteiger partial charge in [-0.1, -0.05) is 57.0 Å². The molecule has 6 nitrogen and oxygen atoms in total. The van der Waals surface area contributed by atoms with Crippen LogP contribution in [0.2, 0.25) is 0 Å². The zero-order valence-electron chi connectivity index (χ0n) is 22.3. The number of aryl methyl sites for hydroxylation is 2. The Morgan fingerprint density at radius 2 is 1.69 bits per heavy atom. The molecule has 2 aromatic rings. The summed E-state index contributed by atoms with van der Waals surface area (Å²) in [7, 11) is 0. The molecule has 1 fully saturated rings. The maximum atomic E-state index is 13.3. The number of hydrogen-bond acceptors (Lipinski definition) is 5. The number of likely N-dealkylation sites (tertiary alicyclic amines) is 1. The van der Waals surface area contributed by atoms with E-state index in [4.69, 9.17) is 4.74 Å². The Balaban J connectivity index is 2.01. The fourth-order valence-electron chi connectivity index (χ4n) is 4.68. The smallest absolute Gasteiger partial charge is 0.295 e. The molecular formula is C30H40N2O4. The van der Waals surface area contributed by atoms with E-state index < -0.39 is 17.7 Å². The summed E-state index contributed by atoms with van der Waals surface area (Å²) in [4.78, 5) is 30.5. The summed E-state index contributed by atoms with van der Waals surface area (Å²) < 4.78 is 5.81. The van der Waals surface area contributed by atoms with Crippen molar-refractivity contribution in [2.24, 2.45) is 0 Å². The van der Waals surface area contributed by atoms with Gasteiger partial charge in [-0.3, -0.25) is 9.59 Å². The van der Waals surface area contributed by atoms with Crippen molar-refractivity contribution in [1.82, 2.24) is 9.80 Å². The molecule has 0 aliphatic carbocycles. The second-order valence-electron chi connectivity index (χ2n) is 9.46. The van der Waals surface area contributed by atoms with Crippen molar-refractivity contribution in [2.75, 3.05) is 32.8 Å². The molecule has 6 heteroatoms. The average molecular weight is 493 g/mol. The molecule has 0 aromatic heterocycles. The lowest BCUT2D eigenvalue weighted by Gasteiger charge is -2.27. The van der Waals surface area contributed by atoms with Gasteiger partial charge in [-0.2, -0.15) is 0 Å². The van der Waals surface area contributed by atoms with E-state index in [1.165, 1.54) is 0 Å². The number of aliphatic hydroxyl groups is 1. The molecule has 0 saturated carbocycles. The third kappa shape index (κ3) is 6.16. The number of benzene rings is 2. The molecule has 194 valence electrons. The fraction of sp³-hybridized carbons (Fsp3) is 0.467. The maximum absolute atomic E-state index is 13.3. The topological polar surface area (TPSA) is 70.1 Å². The van der Waals surface area contributed by atoms with E-state index in [0.29, 0.717) is 18.7 Å². The highest BCUT2D eigenvalue weighted by Gasteiger charge is 2.45. The third-order valence-corrected chi connectivity index (χ3v) is 6.92. The van der Waals surface area contributed by atoms with Crippen molar-refractivity contribution >= 4 is 17.4 Å². The lowest BCUT2D eigenvalue weighted by Crippen LogP contribution is -2.33. The number of rotatable bonds is 12. The molecule has 0 bridgehead atoms. The van der Waals surface area contributed by atoms with Crippen LogP contribution in [0.15, 0.2) is 48.0 Å². The minimum absolute atomic E-state index is 0.117. The number of Topliss-reactive ketones (excluding diaryl/α,β-unsaturated/α-hetero) is 1. The maximum Gasteiger partial charge on any atom is 0.295 e. The van der Waals surface area contributed by atoms with Crippen LogP contribution < -0.4 is 4.74 Å². The van der Waals surface area contributed by atoms with Crippen LogP contribution in [0.5, 0.6) is 5.75 Å². The molecule has 1 unspecified atom stereocenters. The monoisotopic (exact) mass is 492 g/mol. The molecular weight excluding hydrogens is 452 g/mol. The molecule has 1 aliphatic heterocycles. The molecule has 0 radical (unpaired) electrons. The van der Waals surface area contributed by atoms with Gasteiger partial charge in [0.2, 0.25) is 0 Å². The van der Waals surface area contributed by atoms with Crippen molar-refractivity contribution in [2.45, 2.75) is 59.9 Å². The Hall–Kier alpha value is -3.12. The van der Waals surface area contributed by atoms with Crippen molar-refractivity contribution < 1.29 is 19.4 Å². The Labute approximate surface area is 215 Å². The largest absolute Gasteiger partial charge is 0.507 e. The van der Waals surface area contributed by atoms with Crippen LogP contribution >= 0.6 is 0 Å². The molecule has 1 N–H and O–H groups in total. The summed E-state index contributed by atoms with van der Waals surface area (Å²) >= 11 is 0. The number of hydrogen-bond donors (Lipinski definition) is 1. The Bertz CT molecular complexity index is 1090. The molecule has 1 amide bonds. The second kappa shape index (κ2) is 12.7. The van der Waals surface area contributed by atoms with E-state index in [9.17, 15) is 14.7 Å². The number of unbranched alkanes of at least 4 members (excludes halogenated alkanes) is 1. The first-order chi connectivity index (χ1) is 17.3. The predicted octanol–water partition coefficient (Wildman–Crippen LogP) is 5.64. The third-order valence-electron chi connectivity index (χ3n) is 6.92. The van der Waals surface area contributed by atoms with Gasteiger partial charge in [0.25, 0.3) is 11.7 Å². The average Bonchev–Trinajstić information content (AvgIpc) is 3.13. The van der Waals surface area contributed by atoms with Gasteiger partial charge < -0.3 is 19.6 Å². The zero-order valence-corrected chi connectivity index (χ0v) is 22.3. The number of nitrogens with zero attached hydrogens (tertiary/aromatic N) is 2. The van der Waals surface area contributed by atoms with Gasteiger partial charge in [-0.15, -0.1) is 0 Å². The van der Waals surface area contributed by atoms with Gasteiger partial charge in [0.05, 0.1) is 18.2 Å². The van der Waals surface area contributed by atoms with Crippen molar-refractivity contribution in [3.05, 3.63) is 70.3 Å². The SMILES string of the molecule is CCCCOc1ccc(C2/C(=C(\O)c3cc(C)ccc3C)C(=O)C(=O)N2CCCN(CC)CC)cc1. The van der Waals surface area contributed by atoms with E-state index >= 15 is 0 Å². The number of amides is 1. The fourth-order valence-corrected chi connectivity index (χ4v) is 4.68. The Morgan fingerprint density at radius 3 is 2.33 bits per heavy atom. The Morgan fingerprint density at radius 1 is 1.00 bits per heavy atom. The van der Waals surface area contributed by atoms with Crippen LogP contribution in [0.4, 0.5) is 0 Å². The first kappa shape index (κ1) is 27.5. The van der Waals surface area contributed by atoms with Gasteiger partial charge in [0, 0.05) is 12.1 Å². The number of aliphatic hydroxyl groups excluding tert-OH is 1. The zero-order chi connectivity index (χ0) is 26.2. The minimum Gasteiger partial charge on any atom is -0.507 e. The highest BCUT2D eigenvalue weighted by molar-refractivity contribution is 6.46. The van der Waals surface area contributed by atoms with Crippen LogP contribution in [0.1, 0.15) is 68.3 Å². The van der Waals surface area contributed by atoms with E-state index in [1.54, 1.807) is 4.90 Å². The summed E-state index contributed by atoms with van der Waals surface area (Å²) in [5.74, 6) is -0.562. The molecule has 1 saturated heterocycles. The van der Waals surface area contributed by atoms with Crippen molar-refractivity contribution in [1.29, 1.82) is 0 Å². The van der Waals surface area contributed by atoms with Crippen LogP contribution in [0.25, 0.3) is 5.76 Å². The molecule has 0 spiro atoms. The molecule has 36 heavy (non-hydrogen) atoms. The first-order valence-corrected chi connectivity index (χ1v) is 13.1. The Kier molecular flexibility index (Phi) is 9.71. The minimum atomic E-state index is -0.647. The van der Waals surface area contributed by atoms with Crippen molar-refractivity contribution in [3.8, 4) is 5.75 Å². The summed E-state index contributed by atoms with van der Waals surface area (Å²) in [5.41, 5.74) is 3.34. The lowest BCUT2D eigenvalue weighted by molar-refractivity contribution is -0.140. The first-order valence-electron chi connectivity index (χ1n) is 13.1. The highest BCUT2D eigenvalue weighted by Crippen LogP contribution is 2.40. The quantitative estimate of drug-likeness (QED) is 0.180. The highest BCUT2D eigenvalue weighted by atomic mass is 16.5. The van der Waals surface area contributed by atoms with Crippen molar-refractivity contribution in [3.63, 3.8) is 0 Å². The molecule has 3 rings (SSSR count). The number of carbonyl (C=O) groups is 2. The summed E-state index contributed by atoms with van der Waals surface area (Å²) in [6, 6.07) is 12.6. The lowest BCUT2D eigenvalue weighted by atomic mass is 9.93. The molecule has 1 atom stereocenters. The van der Waals surface area contributed by atoms with Crippen LogP contribution in [0, 0.1) is 13.8 Å². The standard InChI is InChI=1S/C30H40N2O4/c1-6-9-19-36-24-15-13-23(14-16-24)27-26(28(33)25-20-21(4)11-12-22(25)5)29(34)30(35)32(27)18-10-17-31(7-2)8-3/h11-16,20,27,33H,6-10,17-19H2,1-5H3/b28-26+. The summed E-state index contributed by atoms with van der Waals surface area (Å²) in [6.45, 7) is 14.0. The number of carbonyl (C=O) groups excluding carboxylic acids is 2. The molecule has 1 aliphatic rings. The van der Waals surface area contributed by atoms with Gasteiger partial charge in [-0.25, -0.2) is 0 Å². The molecule has 1 heterocycles. The number of ether oxygens (including phenoxy) is 1. The predicted molar refractivity (Wildman–Crippen MR) is 144 cm³/mol. The van der Waals surface area contributed by atoms with E-state index in [1.807, 2.05) is 56.3 Å². The van der Waals surface area contributed by atoms with Crippen LogP contribution in [-0.2, 0) is 9.59 Å². The summed E-state index contributed by atoms with van der Waals surface area (Å²) in [6.07, 6.45) is 2.77. The van der Waals surface area contributed by atoms with Gasteiger partial charge in [-0.05, 0) is 75.6 Å². The second-order valence-corrected chi connectivity index (χ2v) is 9.46. The van der Waals surface area contributed by atoms with E-state index in [0.717, 1.165) is 61.3 Å². The van der Waals surface area contributed by atoms with E-state index in [2.05, 4.69) is 25.7 Å². The number of ketones is 1. The summed E-state index contributed by atoms with van der Waals surface area (Å²) in [5, 5.41) is 11.4. The van der Waals surface area contributed by atoms with Gasteiger partial charge in [0.1, 0.15) is 11.5 Å². The van der Waals surface area contributed by atoms with Crippen LogP contribution in [0.3, 0.4) is 0 Å².